The molecule has 3 rings (SSSR count). The summed E-state index contributed by atoms with van der Waals surface area (Å²) in [5, 5.41) is 12.7. The number of rotatable bonds is 4. The quantitative estimate of drug-likeness (QED) is 0.662. The number of aromatic nitrogens is 2. The minimum Gasteiger partial charge on any atom is -0.478 e. The third kappa shape index (κ3) is 3.71. The SMILES string of the molecule is Cc1ccc(-n2[nH]c(C)c(C=Nc3c(C)cc(Cl)cc3C(=O)O)c2=O)cc1. The number of aryl methyl sites for hydroxylation is 3. The first-order valence-electron chi connectivity index (χ1n) is 8.24. The number of nitrogens with one attached hydrogen (secondary N) is 1. The summed E-state index contributed by atoms with van der Waals surface area (Å²) in [6, 6.07) is 10.5. The predicted octanol–water partition coefficient (Wildman–Crippen LogP) is 4.19. The number of carbonyl (C=O) groups is 1. The van der Waals surface area contributed by atoms with Gasteiger partial charge in [0.15, 0.2) is 0 Å². The zero-order chi connectivity index (χ0) is 19.7. The average Bonchev–Trinajstić information content (AvgIpc) is 2.88. The molecule has 0 aliphatic carbocycles. The fourth-order valence-corrected chi connectivity index (χ4v) is 3.06. The first kappa shape index (κ1) is 18.7. The summed E-state index contributed by atoms with van der Waals surface area (Å²) in [5.74, 6) is -1.13. The van der Waals surface area contributed by atoms with Crippen LogP contribution in [0.1, 0.15) is 32.7 Å². The van der Waals surface area contributed by atoms with Crippen LogP contribution >= 0.6 is 11.6 Å². The molecule has 1 aromatic heterocycles. The van der Waals surface area contributed by atoms with Gasteiger partial charge in [-0.2, -0.15) is 0 Å². The predicted molar refractivity (Wildman–Crippen MR) is 106 cm³/mol. The fourth-order valence-electron chi connectivity index (χ4n) is 2.79. The van der Waals surface area contributed by atoms with Crippen LogP contribution < -0.4 is 5.56 Å². The van der Waals surface area contributed by atoms with Crippen molar-refractivity contribution in [3.05, 3.63) is 79.7 Å². The van der Waals surface area contributed by atoms with Crippen molar-refractivity contribution in [1.82, 2.24) is 9.78 Å². The van der Waals surface area contributed by atoms with Gasteiger partial charge in [-0.25, -0.2) is 9.48 Å². The molecule has 0 saturated heterocycles. The van der Waals surface area contributed by atoms with Crippen LogP contribution in [0.15, 0.2) is 46.2 Å². The first-order valence-corrected chi connectivity index (χ1v) is 8.62. The van der Waals surface area contributed by atoms with Gasteiger partial charge in [0.1, 0.15) is 0 Å². The maximum Gasteiger partial charge on any atom is 0.337 e. The monoisotopic (exact) mass is 383 g/mol. The lowest BCUT2D eigenvalue weighted by molar-refractivity contribution is 0.0697. The summed E-state index contributed by atoms with van der Waals surface area (Å²) < 4.78 is 1.43. The van der Waals surface area contributed by atoms with Crippen molar-refractivity contribution in [2.75, 3.05) is 0 Å². The van der Waals surface area contributed by atoms with Crippen LogP contribution in [0.5, 0.6) is 0 Å². The number of aromatic carboxylic acids is 1. The highest BCUT2D eigenvalue weighted by Crippen LogP contribution is 2.28. The van der Waals surface area contributed by atoms with Gasteiger partial charge in [0.05, 0.1) is 22.5 Å². The summed E-state index contributed by atoms with van der Waals surface area (Å²) in [5.41, 5.74) is 3.41. The molecule has 7 heteroatoms. The van der Waals surface area contributed by atoms with Crippen LogP contribution in [0, 0.1) is 20.8 Å². The maximum atomic E-state index is 12.8. The zero-order valence-electron chi connectivity index (χ0n) is 15.1. The highest BCUT2D eigenvalue weighted by atomic mass is 35.5. The zero-order valence-corrected chi connectivity index (χ0v) is 15.8. The second kappa shape index (κ2) is 7.25. The van der Waals surface area contributed by atoms with E-state index in [9.17, 15) is 14.7 Å². The van der Waals surface area contributed by atoms with Gasteiger partial charge in [-0.1, -0.05) is 29.3 Å². The van der Waals surface area contributed by atoms with Gasteiger partial charge in [-0.15, -0.1) is 0 Å². The van der Waals surface area contributed by atoms with Gasteiger partial charge in [-0.05, 0) is 50.6 Å². The van der Waals surface area contributed by atoms with E-state index in [1.165, 1.54) is 17.0 Å². The van der Waals surface area contributed by atoms with Gasteiger partial charge >= 0.3 is 5.97 Å². The van der Waals surface area contributed by atoms with Crippen LogP contribution in [0.3, 0.4) is 0 Å². The smallest absolute Gasteiger partial charge is 0.337 e. The molecule has 1 heterocycles. The van der Waals surface area contributed by atoms with E-state index in [4.69, 9.17) is 11.6 Å². The number of hydrogen-bond acceptors (Lipinski definition) is 3. The summed E-state index contributed by atoms with van der Waals surface area (Å²) in [7, 11) is 0. The Morgan fingerprint density at radius 1 is 1.19 bits per heavy atom. The topological polar surface area (TPSA) is 87.4 Å². The van der Waals surface area contributed by atoms with Crippen molar-refractivity contribution in [3.8, 4) is 5.69 Å². The fraction of sp³-hybridized carbons (Fsp3) is 0.150. The Morgan fingerprint density at radius 3 is 2.48 bits per heavy atom. The lowest BCUT2D eigenvalue weighted by Gasteiger charge is -2.05. The van der Waals surface area contributed by atoms with Crippen molar-refractivity contribution < 1.29 is 9.90 Å². The van der Waals surface area contributed by atoms with Crippen LogP contribution in [0.25, 0.3) is 5.69 Å². The first-order chi connectivity index (χ1) is 12.8. The largest absolute Gasteiger partial charge is 0.478 e. The van der Waals surface area contributed by atoms with E-state index in [1.807, 2.05) is 31.2 Å². The van der Waals surface area contributed by atoms with Crippen molar-refractivity contribution in [3.63, 3.8) is 0 Å². The number of aliphatic imine (C=N–C) groups is 1. The molecular formula is C20H18ClN3O3. The molecule has 0 bridgehead atoms. The number of aromatic amines is 1. The van der Waals surface area contributed by atoms with Crippen LogP contribution in [-0.4, -0.2) is 27.1 Å². The molecule has 0 fully saturated rings. The number of carboxylic acid groups (broad SMARTS) is 1. The molecule has 0 unspecified atom stereocenters. The molecule has 0 aliphatic rings. The Kier molecular flexibility index (Phi) is 5.01. The maximum absolute atomic E-state index is 12.8. The number of benzene rings is 2. The number of H-pyrrole nitrogens is 1. The highest BCUT2D eigenvalue weighted by molar-refractivity contribution is 6.31. The molecule has 0 saturated carbocycles. The molecule has 0 spiro atoms. The second-order valence-electron chi connectivity index (χ2n) is 6.31. The molecule has 2 N–H and O–H groups in total. The molecule has 3 aromatic rings. The standard InChI is InChI=1S/C20H18ClN3O3/c1-11-4-6-15(7-5-11)24-19(25)17(13(3)23-24)10-22-18-12(2)8-14(21)9-16(18)20(26)27/h4-10,23H,1-3H3,(H,26,27). The summed E-state index contributed by atoms with van der Waals surface area (Å²) in [4.78, 5) is 28.5. The molecule has 0 atom stereocenters. The Bertz CT molecular complexity index is 1110. The average molecular weight is 384 g/mol. The van der Waals surface area contributed by atoms with Crippen molar-refractivity contribution in [2.45, 2.75) is 20.8 Å². The van der Waals surface area contributed by atoms with Gasteiger partial charge < -0.3 is 5.11 Å². The molecule has 138 valence electrons. The van der Waals surface area contributed by atoms with E-state index in [1.54, 1.807) is 19.9 Å². The number of carboxylic acids is 1. The number of halogens is 1. The summed E-state index contributed by atoms with van der Waals surface area (Å²) in [6.45, 7) is 5.46. The molecule has 0 radical (unpaired) electrons. The summed E-state index contributed by atoms with van der Waals surface area (Å²) in [6.07, 6.45) is 1.39. The lowest BCUT2D eigenvalue weighted by atomic mass is 10.1. The van der Waals surface area contributed by atoms with Crippen molar-refractivity contribution >= 4 is 29.5 Å². The van der Waals surface area contributed by atoms with E-state index in [2.05, 4.69) is 10.1 Å². The normalized spacial score (nSPS) is 11.3. The van der Waals surface area contributed by atoms with Crippen molar-refractivity contribution in [1.29, 1.82) is 0 Å². The van der Waals surface area contributed by atoms with E-state index in [0.29, 0.717) is 27.5 Å². The minimum atomic E-state index is -1.13. The Balaban J connectivity index is 2.06. The Morgan fingerprint density at radius 2 is 1.85 bits per heavy atom. The number of hydrogen-bond donors (Lipinski definition) is 2. The Labute approximate surface area is 160 Å². The van der Waals surface area contributed by atoms with Crippen molar-refractivity contribution in [2.24, 2.45) is 4.99 Å². The van der Waals surface area contributed by atoms with Gasteiger partial charge in [-0.3, -0.25) is 14.9 Å². The second-order valence-corrected chi connectivity index (χ2v) is 6.75. The molecule has 2 aromatic carbocycles. The van der Waals surface area contributed by atoms with E-state index >= 15 is 0 Å². The number of nitrogens with zero attached hydrogens (tertiary/aromatic N) is 2. The van der Waals surface area contributed by atoms with E-state index < -0.39 is 5.97 Å². The van der Waals surface area contributed by atoms with E-state index in [-0.39, 0.29) is 16.8 Å². The molecule has 27 heavy (non-hydrogen) atoms. The highest BCUT2D eigenvalue weighted by Gasteiger charge is 2.15. The molecular weight excluding hydrogens is 366 g/mol. The van der Waals surface area contributed by atoms with Crippen LogP contribution in [0.4, 0.5) is 5.69 Å². The third-order valence-corrected chi connectivity index (χ3v) is 4.45. The molecule has 6 nitrogen and oxygen atoms in total. The van der Waals surface area contributed by atoms with Crippen LogP contribution in [0.2, 0.25) is 5.02 Å². The molecule has 0 aliphatic heterocycles. The van der Waals surface area contributed by atoms with Gasteiger partial charge in [0.2, 0.25) is 0 Å². The lowest BCUT2D eigenvalue weighted by Crippen LogP contribution is -2.17. The summed E-state index contributed by atoms with van der Waals surface area (Å²) >= 11 is 5.94. The third-order valence-electron chi connectivity index (χ3n) is 4.23. The van der Waals surface area contributed by atoms with E-state index in [0.717, 1.165) is 5.56 Å². The Hall–Kier alpha value is -3.12. The van der Waals surface area contributed by atoms with Gasteiger partial charge in [0.25, 0.3) is 5.56 Å². The van der Waals surface area contributed by atoms with Crippen LogP contribution in [-0.2, 0) is 0 Å². The van der Waals surface area contributed by atoms with Gasteiger partial charge in [0, 0.05) is 16.9 Å². The minimum absolute atomic E-state index is 0.0108. The molecule has 0 amide bonds.